The number of aromatic nitrogens is 3. The molecule has 2 unspecified atom stereocenters. The van der Waals surface area contributed by atoms with E-state index in [1.807, 2.05) is 0 Å². The highest BCUT2D eigenvalue weighted by Crippen LogP contribution is 2.45. The summed E-state index contributed by atoms with van der Waals surface area (Å²) < 4.78 is 89.7. The Morgan fingerprint density at radius 1 is 1.08 bits per heavy atom. The molecule has 2 aromatic heterocycles. The number of rotatable bonds is 8. The Bertz CT molecular complexity index is 1470. The van der Waals surface area contributed by atoms with E-state index in [0.717, 1.165) is 25.6 Å². The highest BCUT2D eigenvalue weighted by molar-refractivity contribution is 7.91. The van der Waals surface area contributed by atoms with E-state index in [2.05, 4.69) is 20.3 Å². The van der Waals surface area contributed by atoms with Crippen molar-refractivity contribution in [2.45, 2.75) is 23.0 Å². The number of hydrogen-bond donors (Lipinski definition) is 3. The van der Waals surface area contributed by atoms with Gasteiger partial charge in [0.2, 0.25) is 15.0 Å². The van der Waals surface area contributed by atoms with E-state index in [1.54, 1.807) is 18.2 Å². The number of benzene rings is 2. The van der Waals surface area contributed by atoms with Crippen LogP contribution < -0.4 is 10.1 Å². The van der Waals surface area contributed by atoms with Gasteiger partial charge in [-0.1, -0.05) is 18.2 Å². The molecule has 13 heteroatoms. The molecule has 2 atom stereocenters. The summed E-state index contributed by atoms with van der Waals surface area (Å²) in [5, 5.41) is 13.3. The third-order valence-corrected chi connectivity index (χ3v) is 7.25. The largest absolute Gasteiger partial charge is 0.494 e. The highest BCUT2D eigenvalue weighted by atomic mass is 32.2. The molecular weight excluding hydrogens is 504 g/mol. The number of aliphatic hydroxyl groups is 1. The molecule has 36 heavy (non-hydrogen) atoms. The number of H-pyrrole nitrogens is 1. The van der Waals surface area contributed by atoms with Crippen LogP contribution >= 0.6 is 0 Å². The number of nitrogens with one attached hydrogen (secondary N) is 2. The van der Waals surface area contributed by atoms with Gasteiger partial charge in [-0.25, -0.2) is 17.8 Å². The van der Waals surface area contributed by atoms with Gasteiger partial charge in [0.15, 0.2) is 17.2 Å². The Morgan fingerprint density at radius 2 is 1.83 bits per heavy atom. The fourth-order valence-electron chi connectivity index (χ4n) is 3.86. The molecule has 0 fully saturated rings. The van der Waals surface area contributed by atoms with Gasteiger partial charge in [0, 0.05) is 35.2 Å². The second-order valence-electron chi connectivity index (χ2n) is 7.89. The number of fused-ring (bicyclic) bond motifs is 1. The summed E-state index contributed by atoms with van der Waals surface area (Å²) in [4.78, 5) is 9.89. The Balaban J connectivity index is 1.94. The molecule has 190 valence electrons. The van der Waals surface area contributed by atoms with Gasteiger partial charge >= 0.3 is 6.18 Å². The van der Waals surface area contributed by atoms with Crippen molar-refractivity contribution in [2.75, 3.05) is 18.2 Å². The van der Waals surface area contributed by atoms with E-state index in [1.165, 1.54) is 30.5 Å². The Kier molecular flexibility index (Phi) is 6.62. The number of alkyl halides is 3. The maximum atomic E-state index is 15.3. The summed E-state index contributed by atoms with van der Waals surface area (Å²) in [6.07, 6.45) is -1.91. The number of pyridine rings is 1. The van der Waals surface area contributed by atoms with Gasteiger partial charge in [-0.3, -0.25) is 4.98 Å². The summed E-state index contributed by atoms with van der Waals surface area (Å²) in [6, 6.07) is 8.73. The molecule has 0 saturated carbocycles. The smallest absolute Gasteiger partial charge is 0.420 e. The standard InChI is InChI=1S/C23H20F4N4O4S/c1-35-18-9-2-5-15(19(18)24)20(31-17-8-3-7-16-14(17)6-4-10-28-16)22(32,23(25,26)27)13-36(33,34)21-29-11-12-30-21/h2-12,20,31-32H,13H2,1H3,(H,29,30). The van der Waals surface area contributed by atoms with Crippen molar-refractivity contribution in [3.05, 3.63) is 78.5 Å². The van der Waals surface area contributed by atoms with E-state index in [4.69, 9.17) is 4.74 Å². The van der Waals surface area contributed by atoms with Crippen molar-refractivity contribution >= 4 is 26.4 Å². The quantitative estimate of drug-likeness (QED) is 0.298. The van der Waals surface area contributed by atoms with E-state index in [9.17, 15) is 26.7 Å². The van der Waals surface area contributed by atoms with Crippen molar-refractivity contribution < 1.29 is 35.8 Å². The molecule has 0 amide bonds. The number of aromatic amines is 1. The summed E-state index contributed by atoms with van der Waals surface area (Å²) in [5.74, 6) is -3.44. The minimum atomic E-state index is -5.54. The predicted octanol–water partition coefficient (Wildman–Crippen LogP) is 4.03. The first-order valence-electron chi connectivity index (χ1n) is 10.4. The van der Waals surface area contributed by atoms with Gasteiger partial charge in [0.25, 0.3) is 0 Å². The van der Waals surface area contributed by atoms with E-state index in [-0.39, 0.29) is 5.69 Å². The number of halogens is 4. The zero-order valence-corrected chi connectivity index (χ0v) is 19.4. The van der Waals surface area contributed by atoms with Gasteiger partial charge < -0.3 is 20.1 Å². The molecule has 0 spiro atoms. The molecule has 0 aliphatic heterocycles. The maximum absolute atomic E-state index is 15.3. The van der Waals surface area contributed by atoms with E-state index >= 15 is 4.39 Å². The number of methoxy groups -OCH3 is 1. The molecule has 4 rings (SSSR count). The van der Waals surface area contributed by atoms with Crippen LogP contribution in [0.3, 0.4) is 0 Å². The molecule has 2 aromatic carbocycles. The van der Waals surface area contributed by atoms with E-state index < -0.39 is 55.7 Å². The first kappa shape index (κ1) is 25.4. The topological polar surface area (TPSA) is 117 Å². The third-order valence-electron chi connectivity index (χ3n) is 5.62. The van der Waals surface area contributed by atoms with Gasteiger partial charge in [0.1, 0.15) is 0 Å². The first-order chi connectivity index (χ1) is 17.0. The number of hydrogen-bond acceptors (Lipinski definition) is 7. The number of sulfone groups is 1. The fourth-order valence-corrected chi connectivity index (χ4v) is 5.37. The molecule has 0 radical (unpaired) electrons. The van der Waals surface area contributed by atoms with Gasteiger partial charge in [-0.05, 0) is 30.3 Å². The molecule has 2 heterocycles. The highest BCUT2D eigenvalue weighted by Gasteiger charge is 2.62. The van der Waals surface area contributed by atoms with Crippen molar-refractivity contribution in [1.82, 2.24) is 15.0 Å². The summed E-state index contributed by atoms with van der Waals surface area (Å²) in [6.45, 7) is 0. The van der Waals surface area contributed by atoms with Crippen LogP contribution in [0.2, 0.25) is 0 Å². The third kappa shape index (κ3) is 4.58. The van der Waals surface area contributed by atoms with Crippen LogP contribution in [0.25, 0.3) is 10.9 Å². The maximum Gasteiger partial charge on any atom is 0.420 e. The fraction of sp³-hybridized carbons (Fsp3) is 0.217. The molecular formula is C23H20F4N4O4S. The zero-order chi connectivity index (χ0) is 26.1. The second-order valence-corrected chi connectivity index (χ2v) is 9.80. The van der Waals surface area contributed by atoms with Gasteiger partial charge in [0.05, 0.1) is 24.4 Å². The number of anilines is 1. The summed E-state index contributed by atoms with van der Waals surface area (Å²) in [7, 11) is -3.69. The number of nitrogens with zero attached hydrogens (tertiary/aromatic N) is 2. The molecule has 0 bridgehead atoms. The Labute approximate surface area is 202 Å². The minimum absolute atomic E-state index is 0.0610. The van der Waals surface area contributed by atoms with E-state index in [0.29, 0.717) is 10.9 Å². The second kappa shape index (κ2) is 9.39. The van der Waals surface area contributed by atoms with Crippen LogP contribution in [0.15, 0.2) is 72.3 Å². The molecule has 0 aliphatic carbocycles. The van der Waals surface area contributed by atoms with Crippen molar-refractivity contribution in [2.24, 2.45) is 0 Å². The lowest BCUT2D eigenvalue weighted by atomic mass is 9.88. The SMILES string of the molecule is COc1cccc(C(Nc2cccc3ncccc23)C(O)(CS(=O)(=O)c2ncc[nH]2)C(F)(F)F)c1F. The molecule has 8 nitrogen and oxygen atoms in total. The lowest BCUT2D eigenvalue weighted by Crippen LogP contribution is -2.57. The number of imidazole rings is 1. The van der Waals surface area contributed by atoms with Crippen molar-refractivity contribution in [1.29, 1.82) is 0 Å². The molecule has 0 aliphatic rings. The average Bonchev–Trinajstić information content (AvgIpc) is 3.38. The van der Waals surface area contributed by atoms with Crippen LogP contribution in [0.1, 0.15) is 11.6 Å². The van der Waals surface area contributed by atoms with Crippen LogP contribution in [0, 0.1) is 5.82 Å². The van der Waals surface area contributed by atoms with Gasteiger partial charge in [-0.2, -0.15) is 13.2 Å². The monoisotopic (exact) mass is 524 g/mol. The van der Waals surface area contributed by atoms with Crippen LogP contribution in [0.5, 0.6) is 5.75 Å². The molecule has 3 N–H and O–H groups in total. The number of ether oxygens (including phenoxy) is 1. The van der Waals surface area contributed by atoms with Crippen LogP contribution in [-0.4, -0.2) is 53.1 Å². The first-order valence-corrected chi connectivity index (χ1v) is 12.1. The Morgan fingerprint density at radius 3 is 2.50 bits per heavy atom. The van der Waals surface area contributed by atoms with Crippen molar-refractivity contribution in [3.63, 3.8) is 0 Å². The summed E-state index contributed by atoms with van der Waals surface area (Å²) in [5.41, 5.74) is -4.21. The van der Waals surface area contributed by atoms with Crippen LogP contribution in [0.4, 0.5) is 23.2 Å². The molecule has 0 saturated heterocycles. The minimum Gasteiger partial charge on any atom is -0.494 e. The van der Waals surface area contributed by atoms with Gasteiger partial charge in [-0.15, -0.1) is 0 Å². The Hall–Kier alpha value is -3.71. The van der Waals surface area contributed by atoms with Crippen LogP contribution in [-0.2, 0) is 9.84 Å². The average molecular weight is 524 g/mol. The normalized spacial score (nSPS) is 14.8. The molecule has 4 aromatic rings. The summed E-state index contributed by atoms with van der Waals surface area (Å²) >= 11 is 0. The van der Waals surface area contributed by atoms with Crippen molar-refractivity contribution in [3.8, 4) is 5.75 Å². The predicted molar refractivity (Wildman–Crippen MR) is 123 cm³/mol. The lowest BCUT2D eigenvalue weighted by Gasteiger charge is -2.38. The lowest BCUT2D eigenvalue weighted by molar-refractivity contribution is -0.257. The zero-order valence-electron chi connectivity index (χ0n) is 18.6.